The predicted octanol–water partition coefficient (Wildman–Crippen LogP) is 3.89. The number of phenols is 2. The highest BCUT2D eigenvalue weighted by molar-refractivity contribution is 6.10. The van der Waals surface area contributed by atoms with E-state index in [1.807, 2.05) is 0 Å². The molecule has 0 radical (unpaired) electrons. The van der Waals surface area contributed by atoms with Gasteiger partial charge in [-0.25, -0.2) is 8.78 Å². The van der Waals surface area contributed by atoms with E-state index in [0.717, 1.165) is 24.3 Å². The average molecular weight is 414 g/mol. The zero-order chi connectivity index (χ0) is 21.8. The van der Waals surface area contributed by atoms with Gasteiger partial charge in [-0.1, -0.05) is 0 Å². The number of methoxy groups -OCH3 is 1. The summed E-state index contributed by atoms with van der Waals surface area (Å²) in [5.41, 5.74) is 0.269. The van der Waals surface area contributed by atoms with Gasteiger partial charge in [0.25, 0.3) is 11.8 Å². The van der Waals surface area contributed by atoms with Crippen LogP contribution in [0.3, 0.4) is 0 Å². The van der Waals surface area contributed by atoms with Crippen molar-refractivity contribution in [3.05, 3.63) is 77.4 Å². The predicted molar refractivity (Wildman–Crippen MR) is 105 cm³/mol. The lowest BCUT2D eigenvalue weighted by Crippen LogP contribution is -2.16. The minimum absolute atomic E-state index is 0.00415. The molecule has 0 spiro atoms. The molecule has 0 bridgehead atoms. The van der Waals surface area contributed by atoms with E-state index in [9.17, 15) is 28.6 Å². The van der Waals surface area contributed by atoms with Gasteiger partial charge in [0.05, 0.1) is 12.7 Å². The molecule has 0 aliphatic carbocycles. The van der Waals surface area contributed by atoms with Crippen molar-refractivity contribution >= 4 is 23.2 Å². The largest absolute Gasteiger partial charge is 0.505 e. The van der Waals surface area contributed by atoms with E-state index in [4.69, 9.17) is 4.74 Å². The maximum absolute atomic E-state index is 13.5. The van der Waals surface area contributed by atoms with E-state index in [1.165, 1.54) is 37.4 Å². The molecule has 3 aromatic carbocycles. The highest BCUT2D eigenvalue weighted by Gasteiger charge is 2.17. The first kappa shape index (κ1) is 20.6. The van der Waals surface area contributed by atoms with Gasteiger partial charge in [0.2, 0.25) is 0 Å². The van der Waals surface area contributed by atoms with Crippen LogP contribution < -0.4 is 15.4 Å². The number of carbonyl (C=O) groups is 2. The maximum atomic E-state index is 13.5. The third-order valence-corrected chi connectivity index (χ3v) is 4.12. The Morgan fingerprint density at radius 2 is 1.33 bits per heavy atom. The van der Waals surface area contributed by atoms with E-state index in [0.29, 0.717) is 0 Å². The number of ether oxygens (including phenoxy) is 1. The normalized spacial score (nSPS) is 10.4. The highest BCUT2D eigenvalue weighted by atomic mass is 19.1. The van der Waals surface area contributed by atoms with E-state index < -0.39 is 34.9 Å². The van der Waals surface area contributed by atoms with Gasteiger partial charge in [0.1, 0.15) is 5.75 Å². The number of phenolic OH excluding ortho intramolecular Hbond substituents is 2. The van der Waals surface area contributed by atoms with Gasteiger partial charge in [-0.05, 0) is 42.5 Å². The van der Waals surface area contributed by atoms with E-state index in [-0.39, 0.29) is 28.3 Å². The molecule has 0 heterocycles. The molecule has 0 aliphatic heterocycles. The summed E-state index contributed by atoms with van der Waals surface area (Å²) >= 11 is 0. The first-order valence-electron chi connectivity index (χ1n) is 8.56. The first-order valence-corrected chi connectivity index (χ1v) is 8.56. The minimum Gasteiger partial charge on any atom is -0.505 e. The summed E-state index contributed by atoms with van der Waals surface area (Å²) in [5.74, 6) is -4.07. The maximum Gasteiger partial charge on any atom is 0.259 e. The zero-order valence-electron chi connectivity index (χ0n) is 15.6. The number of hydrogen-bond acceptors (Lipinski definition) is 5. The standard InChI is InChI=1S/C21H16F2N2O5/c1-30-19-7-2-11(20(28)24-12-3-5-17(26)15(22)9-12)8-14(19)21(29)25-13-4-6-18(27)16(23)10-13/h2-10,26-27H,1H3,(H,24,28)(H,25,29). The summed E-state index contributed by atoms with van der Waals surface area (Å²) in [6, 6.07) is 10.7. The van der Waals surface area contributed by atoms with Crippen LogP contribution in [0.5, 0.6) is 17.2 Å². The van der Waals surface area contributed by atoms with E-state index in [1.54, 1.807) is 0 Å². The number of nitrogens with one attached hydrogen (secondary N) is 2. The second kappa shape index (κ2) is 8.48. The van der Waals surface area contributed by atoms with E-state index in [2.05, 4.69) is 10.6 Å². The number of carbonyl (C=O) groups excluding carboxylic acids is 2. The van der Waals surface area contributed by atoms with Gasteiger partial charge >= 0.3 is 0 Å². The van der Waals surface area contributed by atoms with Crippen LogP contribution in [0.2, 0.25) is 0 Å². The molecule has 0 fully saturated rings. The van der Waals surface area contributed by atoms with Crippen molar-refractivity contribution in [3.8, 4) is 17.2 Å². The van der Waals surface area contributed by atoms with Crippen LogP contribution in [0.25, 0.3) is 0 Å². The Hall–Kier alpha value is -4.14. The second-order valence-corrected chi connectivity index (χ2v) is 6.16. The molecule has 30 heavy (non-hydrogen) atoms. The van der Waals surface area contributed by atoms with Crippen LogP contribution in [0.1, 0.15) is 20.7 Å². The Morgan fingerprint density at radius 1 is 0.800 bits per heavy atom. The van der Waals surface area contributed by atoms with Gasteiger partial charge in [-0.2, -0.15) is 0 Å². The molecular weight excluding hydrogens is 398 g/mol. The Morgan fingerprint density at radius 3 is 1.83 bits per heavy atom. The van der Waals surface area contributed by atoms with Crippen LogP contribution in [-0.2, 0) is 0 Å². The number of hydrogen-bond donors (Lipinski definition) is 4. The molecule has 0 unspecified atom stereocenters. The SMILES string of the molecule is COc1ccc(C(=O)Nc2ccc(O)c(F)c2)cc1C(=O)Nc1ccc(O)c(F)c1. The lowest BCUT2D eigenvalue weighted by Gasteiger charge is -2.12. The van der Waals surface area contributed by atoms with Crippen molar-refractivity contribution in [1.29, 1.82) is 0 Å². The molecule has 0 aliphatic rings. The van der Waals surface area contributed by atoms with Gasteiger partial charge in [0.15, 0.2) is 23.1 Å². The van der Waals surface area contributed by atoms with Crippen LogP contribution >= 0.6 is 0 Å². The Kier molecular flexibility index (Phi) is 5.82. The fourth-order valence-corrected chi connectivity index (χ4v) is 2.60. The van der Waals surface area contributed by atoms with Crippen LogP contribution in [0.4, 0.5) is 20.2 Å². The highest BCUT2D eigenvalue weighted by Crippen LogP contribution is 2.25. The molecule has 3 aromatic rings. The summed E-state index contributed by atoms with van der Waals surface area (Å²) in [6.45, 7) is 0. The van der Waals surface area contributed by atoms with E-state index >= 15 is 0 Å². The van der Waals surface area contributed by atoms with Crippen molar-refractivity contribution in [2.24, 2.45) is 0 Å². The van der Waals surface area contributed by atoms with Gasteiger partial charge in [-0.3, -0.25) is 9.59 Å². The first-order chi connectivity index (χ1) is 14.3. The fraction of sp³-hybridized carbons (Fsp3) is 0.0476. The third-order valence-electron chi connectivity index (χ3n) is 4.12. The van der Waals surface area contributed by atoms with Crippen molar-refractivity contribution < 1.29 is 33.3 Å². The summed E-state index contributed by atoms with van der Waals surface area (Å²) in [7, 11) is 1.34. The fourth-order valence-electron chi connectivity index (χ4n) is 2.60. The zero-order valence-corrected chi connectivity index (χ0v) is 15.6. The molecular formula is C21H16F2N2O5. The number of halogens is 2. The molecule has 9 heteroatoms. The number of anilines is 2. The van der Waals surface area contributed by atoms with Gasteiger partial charge in [0, 0.05) is 29.1 Å². The Balaban J connectivity index is 1.84. The van der Waals surface area contributed by atoms with Gasteiger partial charge in [-0.15, -0.1) is 0 Å². The summed E-state index contributed by atoms with van der Waals surface area (Å²) in [6.07, 6.45) is 0. The van der Waals surface area contributed by atoms with Crippen LogP contribution in [-0.4, -0.2) is 29.1 Å². The average Bonchev–Trinajstić information content (AvgIpc) is 2.73. The summed E-state index contributed by atoms with van der Waals surface area (Å²) in [5, 5.41) is 23.4. The smallest absolute Gasteiger partial charge is 0.259 e. The topological polar surface area (TPSA) is 108 Å². The minimum atomic E-state index is -0.908. The number of amides is 2. The summed E-state index contributed by atoms with van der Waals surface area (Å²) in [4.78, 5) is 25.1. The quantitative estimate of drug-likeness (QED) is 0.474. The number of rotatable bonds is 5. The van der Waals surface area contributed by atoms with Crippen LogP contribution in [0.15, 0.2) is 54.6 Å². The molecule has 0 aromatic heterocycles. The van der Waals surface area contributed by atoms with Crippen LogP contribution in [0, 0.1) is 11.6 Å². The van der Waals surface area contributed by atoms with Crippen molar-refractivity contribution in [3.63, 3.8) is 0 Å². The Bertz CT molecular complexity index is 1130. The van der Waals surface area contributed by atoms with Gasteiger partial charge < -0.3 is 25.6 Å². The lowest BCUT2D eigenvalue weighted by atomic mass is 10.1. The second-order valence-electron chi connectivity index (χ2n) is 6.16. The molecule has 7 nitrogen and oxygen atoms in total. The molecule has 3 rings (SSSR count). The summed E-state index contributed by atoms with van der Waals surface area (Å²) < 4.78 is 32.1. The molecule has 154 valence electrons. The molecule has 2 amide bonds. The molecule has 0 atom stereocenters. The molecule has 4 N–H and O–H groups in total. The van der Waals surface area contributed by atoms with Crippen molar-refractivity contribution in [2.45, 2.75) is 0 Å². The lowest BCUT2D eigenvalue weighted by molar-refractivity contribution is 0.102. The number of benzene rings is 3. The van der Waals surface area contributed by atoms with Crippen molar-refractivity contribution in [1.82, 2.24) is 0 Å². The monoisotopic (exact) mass is 414 g/mol. The molecule has 0 saturated carbocycles. The van der Waals surface area contributed by atoms with Crippen molar-refractivity contribution in [2.75, 3.05) is 17.7 Å². The number of aromatic hydroxyl groups is 2. The Labute approximate surface area is 169 Å². The third kappa shape index (κ3) is 4.46. The molecule has 0 saturated heterocycles.